The van der Waals surface area contributed by atoms with Gasteiger partial charge in [0.15, 0.2) is 0 Å². The van der Waals surface area contributed by atoms with Crippen molar-refractivity contribution in [2.45, 2.75) is 12.5 Å². The van der Waals surface area contributed by atoms with Crippen LogP contribution in [0, 0.1) is 5.92 Å². The first-order chi connectivity index (χ1) is 12.1. The third kappa shape index (κ3) is 3.97. The minimum absolute atomic E-state index is 0.00943. The highest BCUT2D eigenvalue weighted by Gasteiger charge is 2.40. The van der Waals surface area contributed by atoms with Gasteiger partial charge >= 0.3 is 5.97 Å². The normalized spacial score (nSPS) is 20.4. The van der Waals surface area contributed by atoms with Gasteiger partial charge in [0.05, 0.1) is 20.1 Å². The van der Waals surface area contributed by atoms with Gasteiger partial charge in [0.2, 0.25) is 0 Å². The average Bonchev–Trinajstić information content (AvgIpc) is 3.05. The lowest BCUT2D eigenvalue weighted by Crippen LogP contribution is -2.24. The zero-order valence-electron chi connectivity index (χ0n) is 14.4. The number of carbonyl (C=O) groups excluding carboxylic acids is 1. The average molecular weight is 360 g/mol. The molecule has 1 aliphatic heterocycles. The number of halogens is 1. The largest absolute Gasteiger partial charge is 0.496 e. The number of likely N-dealkylation sites (tertiary alicyclic amines) is 1. The van der Waals surface area contributed by atoms with E-state index in [1.807, 2.05) is 30.3 Å². The first-order valence-corrected chi connectivity index (χ1v) is 8.67. The van der Waals surface area contributed by atoms with Gasteiger partial charge in [0.1, 0.15) is 5.75 Å². The Hall–Kier alpha value is -2.04. The number of hydrogen-bond acceptors (Lipinski definition) is 4. The summed E-state index contributed by atoms with van der Waals surface area (Å²) in [5.41, 5.74) is 2.19. The van der Waals surface area contributed by atoms with Crippen molar-refractivity contribution in [1.82, 2.24) is 4.90 Å². The predicted octanol–water partition coefficient (Wildman–Crippen LogP) is 3.74. The van der Waals surface area contributed by atoms with E-state index in [-0.39, 0.29) is 17.8 Å². The van der Waals surface area contributed by atoms with Gasteiger partial charge in [-0.25, -0.2) is 0 Å². The minimum Gasteiger partial charge on any atom is -0.496 e. The second kappa shape index (κ2) is 7.89. The molecule has 1 aliphatic rings. The van der Waals surface area contributed by atoms with Crippen molar-refractivity contribution in [2.75, 3.05) is 27.3 Å². The van der Waals surface area contributed by atoms with Gasteiger partial charge in [-0.2, -0.15) is 0 Å². The highest BCUT2D eigenvalue weighted by atomic mass is 35.5. The fourth-order valence-corrected chi connectivity index (χ4v) is 3.74. The van der Waals surface area contributed by atoms with E-state index in [1.165, 1.54) is 12.7 Å². The quantitative estimate of drug-likeness (QED) is 0.762. The van der Waals surface area contributed by atoms with E-state index >= 15 is 0 Å². The minimum atomic E-state index is -0.235. The Morgan fingerprint density at radius 1 is 1.16 bits per heavy atom. The molecule has 0 N–H and O–H groups in total. The standard InChI is InChI=1S/C20H22ClNO3/c1-24-19-9-8-15(21)10-16(19)17-12-22(13-18(17)20(23)25-2)11-14-6-4-3-5-7-14/h3-10,17-18H,11-13H2,1-2H3/t17-,18+/m0/s1. The molecule has 1 fully saturated rings. The van der Waals surface area contributed by atoms with Crippen LogP contribution in [0.25, 0.3) is 0 Å². The number of nitrogens with zero attached hydrogens (tertiary/aromatic N) is 1. The van der Waals surface area contributed by atoms with Crippen molar-refractivity contribution in [3.05, 3.63) is 64.7 Å². The molecule has 0 spiro atoms. The Bertz CT molecular complexity index is 735. The van der Waals surface area contributed by atoms with Crippen LogP contribution >= 0.6 is 11.6 Å². The third-order valence-electron chi connectivity index (χ3n) is 4.74. The zero-order chi connectivity index (χ0) is 17.8. The predicted molar refractivity (Wildman–Crippen MR) is 98.0 cm³/mol. The summed E-state index contributed by atoms with van der Waals surface area (Å²) in [5, 5.41) is 0.640. The first kappa shape index (κ1) is 17.8. The molecule has 1 heterocycles. The van der Waals surface area contributed by atoms with Crippen molar-refractivity contribution in [3.63, 3.8) is 0 Å². The van der Waals surface area contributed by atoms with Gasteiger partial charge < -0.3 is 9.47 Å². The molecule has 25 heavy (non-hydrogen) atoms. The molecule has 5 heteroatoms. The fraction of sp³-hybridized carbons (Fsp3) is 0.350. The lowest BCUT2D eigenvalue weighted by atomic mass is 9.88. The number of hydrogen-bond donors (Lipinski definition) is 0. The van der Waals surface area contributed by atoms with E-state index in [2.05, 4.69) is 17.0 Å². The first-order valence-electron chi connectivity index (χ1n) is 8.30. The lowest BCUT2D eigenvalue weighted by Gasteiger charge is -2.19. The lowest BCUT2D eigenvalue weighted by molar-refractivity contribution is -0.145. The number of ether oxygens (including phenoxy) is 2. The summed E-state index contributed by atoms with van der Waals surface area (Å²) in [6, 6.07) is 15.8. The molecule has 0 amide bonds. The zero-order valence-corrected chi connectivity index (χ0v) is 15.2. The maximum Gasteiger partial charge on any atom is 0.310 e. The highest BCUT2D eigenvalue weighted by Crippen LogP contribution is 2.39. The van der Waals surface area contributed by atoms with E-state index in [0.717, 1.165) is 24.4 Å². The van der Waals surface area contributed by atoms with E-state index < -0.39 is 0 Å². The van der Waals surface area contributed by atoms with Crippen LogP contribution in [-0.4, -0.2) is 38.2 Å². The Labute approximate surface area is 153 Å². The van der Waals surface area contributed by atoms with Gasteiger partial charge in [-0.15, -0.1) is 0 Å². The number of esters is 1. The number of rotatable bonds is 5. The van der Waals surface area contributed by atoms with Crippen LogP contribution in [0.1, 0.15) is 17.0 Å². The highest BCUT2D eigenvalue weighted by molar-refractivity contribution is 6.30. The molecule has 0 aromatic heterocycles. The molecule has 2 aromatic rings. The second-order valence-electron chi connectivity index (χ2n) is 6.30. The fourth-order valence-electron chi connectivity index (χ4n) is 3.56. The monoisotopic (exact) mass is 359 g/mol. The van der Waals surface area contributed by atoms with Crippen LogP contribution < -0.4 is 4.74 Å². The van der Waals surface area contributed by atoms with Crippen molar-refractivity contribution >= 4 is 17.6 Å². The molecule has 0 unspecified atom stereocenters. The molecule has 1 saturated heterocycles. The summed E-state index contributed by atoms with van der Waals surface area (Å²) < 4.78 is 10.5. The molecule has 4 nitrogen and oxygen atoms in total. The topological polar surface area (TPSA) is 38.8 Å². The summed E-state index contributed by atoms with van der Waals surface area (Å²) >= 11 is 6.19. The van der Waals surface area contributed by atoms with Crippen molar-refractivity contribution in [2.24, 2.45) is 5.92 Å². The summed E-state index contributed by atoms with van der Waals surface area (Å²) in [6.45, 7) is 2.21. The summed E-state index contributed by atoms with van der Waals surface area (Å²) in [7, 11) is 3.07. The maximum absolute atomic E-state index is 12.4. The number of carbonyl (C=O) groups is 1. The summed E-state index contributed by atoms with van der Waals surface area (Å²) in [4.78, 5) is 14.6. The Kier molecular flexibility index (Phi) is 5.61. The molecular weight excluding hydrogens is 338 g/mol. The van der Waals surface area contributed by atoms with Crippen LogP contribution in [0.2, 0.25) is 5.02 Å². The smallest absolute Gasteiger partial charge is 0.310 e. The van der Waals surface area contributed by atoms with Gasteiger partial charge in [0, 0.05) is 36.1 Å². The number of methoxy groups -OCH3 is 2. The van der Waals surface area contributed by atoms with Gasteiger partial charge in [-0.1, -0.05) is 41.9 Å². The Morgan fingerprint density at radius 2 is 1.92 bits per heavy atom. The molecule has 2 atom stereocenters. The van der Waals surface area contributed by atoms with Crippen LogP contribution in [0.5, 0.6) is 5.75 Å². The maximum atomic E-state index is 12.4. The molecule has 2 aromatic carbocycles. The van der Waals surface area contributed by atoms with E-state index in [1.54, 1.807) is 13.2 Å². The number of benzene rings is 2. The van der Waals surface area contributed by atoms with E-state index in [4.69, 9.17) is 21.1 Å². The Balaban J connectivity index is 1.88. The third-order valence-corrected chi connectivity index (χ3v) is 4.97. The van der Waals surface area contributed by atoms with Crippen LogP contribution in [0.4, 0.5) is 0 Å². The second-order valence-corrected chi connectivity index (χ2v) is 6.74. The van der Waals surface area contributed by atoms with Gasteiger partial charge in [0.25, 0.3) is 0 Å². The van der Waals surface area contributed by atoms with E-state index in [9.17, 15) is 4.79 Å². The van der Waals surface area contributed by atoms with Crippen molar-refractivity contribution in [1.29, 1.82) is 0 Å². The van der Waals surface area contributed by atoms with Crippen LogP contribution in [0.3, 0.4) is 0 Å². The van der Waals surface area contributed by atoms with Gasteiger partial charge in [-0.3, -0.25) is 9.69 Å². The molecular formula is C20H22ClNO3. The SMILES string of the molecule is COC(=O)[C@@H]1CN(Cc2ccccc2)C[C@H]1c1cc(Cl)ccc1OC. The molecule has 132 valence electrons. The molecule has 0 aliphatic carbocycles. The molecule has 3 rings (SSSR count). The van der Waals surface area contributed by atoms with Crippen LogP contribution in [-0.2, 0) is 16.1 Å². The molecule has 0 saturated carbocycles. The Morgan fingerprint density at radius 3 is 2.60 bits per heavy atom. The van der Waals surface area contributed by atoms with Crippen molar-refractivity contribution < 1.29 is 14.3 Å². The van der Waals surface area contributed by atoms with E-state index in [0.29, 0.717) is 11.6 Å². The molecule has 0 radical (unpaired) electrons. The van der Waals surface area contributed by atoms with Gasteiger partial charge in [-0.05, 0) is 23.8 Å². The summed E-state index contributed by atoms with van der Waals surface area (Å²) in [5.74, 6) is 0.318. The van der Waals surface area contributed by atoms with Crippen molar-refractivity contribution in [3.8, 4) is 5.75 Å². The van der Waals surface area contributed by atoms with Crippen LogP contribution in [0.15, 0.2) is 48.5 Å². The molecule has 0 bridgehead atoms. The summed E-state index contributed by atoms with van der Waals surface area (Å²) in [6.07, 6.45) is 0.